The van der Waals surface area contributed by atoms with Gasteiger partial charge in [0.05, 0.1) is 0 Å². The predicted molar refractivity (Wildman–Crippen MR) is 82.5 cm³/mol. The van der Waals surface area contributed by atoms with Crippen LogP contribution in [0.25, 0.3) is 0 Å². The molecule has 1 aliphatic rings. The van der Waals surface area contributed by atoms with E-state index in [0.29, 0.717) is 0 Å². The quantitative estimate of drug-likeness (QED) is 0.875. The maximum Gasteiger partial charge on any atom is 0.0233 e. The molecule has 0 amide bonds. The van der Waals surface area contributed by atoms with Crippen molar-refractivity contribution in [3.8, 4) is 0 Å². The van der Waals surface area contributed by atoms with E-state index in [2.05, 4.69) is 62.2 Å². The van der Waals surface area contributed by atoms with Gasteiger partial charge in [0.2, 0.25) is 0 Å². The average Bonchev–Trinajstić information content (AvgIpc) is 2.31. The third-order valence-corrected chi connectivity index (χ3v) is 4.06. The van der Waals surface area contributed by atoms with Gasteiger partial charge in [0.25, 0.3) is 0 Å². The second-order valence-corrected chi connectivity index (χ2v) is 6.80. The summed E-state index contributed by atoms with van der Waals surface area (Å²) in [4.78, 5) is 2.55. The first-order chi connectivity index (χ1) is 8.99. The van der Waals surface area contributed by atoms with Crippen LogP contribution in [-0.2, 0) is 12.0 Å². The molecular formula is C17H28N2. The first-order valence-electron chi connectivity index (χ1n) is 7.51. The lowest BCUT2D eigenvalue weighted by Gasteiger charge is -2.32. The number of nitrogens with zero attached hydrogens (tertiary/aromatic N) is 1. The summed E-state index contributed by atoms with van der Waals surface area (Å²) in [5.41, 5.74) is 3.10. The summed E-state index contributed by atoms with van der Waals surface area (Å²) >= 11 is 0. The maximum atomic E-state index is 3.35. The van der Waals surface area contributed by atoms with E-state index in [9.17, 15) is 0 Å². The average molecular weight is 260 g/mol. The molecule has 19 heavy (non-hydrogen) atoms. The Balaban J connectivity index is 1.93. The summed E-state index contributed by atoms with van der Waals surface area (Å²) in [6.45, 7) is 14.9. The van der Waals surface area contributed by atoms with Crippen LogP contribution in [0.15, 0.2) is 24.3 Å². The van der Waals surface area contributed by atoms with Crippen LogP contribution in [-0.4, -0.2) is 31.1 Å². The van der Waals surface area contributed by atoms with Crippen molar-refractivity contribution in [2.45, 2.75) is 39.7 Å². The highest BCUT2D eigenvalue weighted by molar-refractivity contribution is 5.27. The summed E-state index contributed by atoms with van der Waals surface area (Å²) < 4.78 is 0. The second-order valence-electron chi connectivity index (χ2n) is 6.80. The Bertz CT molecular complexity index is 385. The lowest BCUT2D eigenvalue weighted by molar-refractivity contribution is 0.194. The molecule has 0 unspecified atom stereocenters. The van der Waals surface area contributed by atoms with E-state index < -0.39 is 0 Å². The first-order valence-corrected chi connectivity index (χ1v) is 7.51. The molecule has 1 saturated heterocycles. The van der Waals surface area contributed by atoms with Crippen LogP contribution in [0.3, 0.4) is 0 Å². The molecule has 0 aliphatic carbocycles. The van der Waals surface area contributed by atoms with Gasteiger partial charge in [0, 0.05) is 26.2 Å². The summed E-state index contributed by atoms with van der Waals surface area (Å²) in [5.74, 6) is 0.855. The zero-order valence-corrected chi connectivity index (χ0v) is 12.9. The molecule has 0 saturated carbocycles. The van der Waals surface area contributed by atoms with Crippen LogP contribution >= 0.6 is 0 Å². The van der Waals surface area contributed by atoms with Gasteiger partial charge in [0.1, 0.15) is 0 Å². The predicted octanol–water partition coefficient (Wildman–Crippen LogP) is 3.03. The van der Waals surface area contributed by atoms with E-state index in [1.807, 2.05) is 0 Å². The summed E-state index contributed by atoms with van der Waals surface area (Å²) in [7, 11) is 0. The molecule has 2 rings (SSSR count). The van der Waals surface area contributed by atoms with E-state index in [-0.39, 0.29) is 5.41 Å². The van der Waals surface area contributed by atoms with E-state index in [1.54, 1.807) is 0 Å². The zero-order valence-electron chi connectivity index (χ0n) is 12.9. The van der Waals surface area contributed by atoms with Gasteiger partial charge < -0.3 is 5.32 Å². The molecule has 0 radical (unpaired) electrons. The minimum atomic E-state index is 0.251. The Kier molecular flexibility index (Phi) is 4.64. The molecular weight excluding hydrogens is 232 g/mol. The van der Waals surface area contributed by atoms with Crippen LogP contribution in [0.1, 0.15) is 38.8 Å². The number of nitrogens with one attached hydrogen (secondary N) is 1. The number of hydrogen-bond acceptors (Lipinski definition) is 2. The molecule has 1 fully saturated rings. The van der Waals surface area contributed by atoms with Gasteiger partial charge in [-0.2, -0.15) is 0 Å². The summed E-state index contributed by atoms with van der Waals surface area (Å²) in [6.07, 6.45) is 0. The van der Waals surface area contributed by atoms with Crippen molar-refractivity contribution >= 4 is 0 Å². The fourth-order valence-electron chi connectivity index (χ4n) is 2.52. The van der Waals surface area contributed by atoms with Crippen LogP contribution in [0.5, 0.6) is 0 Å². The van der Waals surface area contributed by atoms with Gasteiger partial charge in [-0.15, -0.1) is 0 Å². The van der Waals surface area contributed by atoms with E-state index in [0.717, 1.165) is 19.0 Å². The van der Waals surface area contributed by atoms with Gasteiger partial charge in [-0.1, -0.05) is 52.0 Å². The molecule has 0 bridgehead atoms. The second kappa shape index (κ2) is 6.06. The van der Waals surface area contributed by atoms with E-state index in [1.165, 1.54) is 30.8 Å². The highest BCUT2D eigenvalue weighted by Gasteiger charge is 2.19. The topological polar surface area (TPSA) is 15.3 Å². The molecule has 1 aromatic rings. The number of rotatable bonds is 5. The fourth-order valence-corrected chi connectivity index (χ4v) is 2.52. The molecule has 1 aliphatic heterocycles. The molecule has 1 heterocycles. The summed E-state index contributed by atoms with van der Waals surface area (Å²) in [6, 6.07) is 9.16. The SMILES string of the molecule is CCN(Cc1ccc(C(C)(C)C)cc1)CC1CNC1. The largest absolute Gasteiger partial charge is 0.316 e. The van der Waals surface area contributed by atoms with Gasteiger partial charge in [-0.05, 0) is 29.0 Å². The minimum Gasteiger partial charge on any atom is -0.316 e. The highest BCUT2D eigenvalue weighted by atomic mass is 15.1. The minimum absolute atomic E-state index is 0.251. The first kappa shape index (κ1) is 14.5. The monoisotopic (exact) mass is 260 g/mol. The molecule has 0 atom stereocenters. The van der Waals surface area contributed by atoms with Gasteiger partial charge >= 0.3 is 0 Å². The van der Waals surface area contributed by atoms with Crippen molar-refractivity contribution in [3.05, 3.63) is 35.4 Å². The van der Waals surface area contributed by atoms with Crippen molar-refractivity contribution in [1.29, 1.82) is 0 Å². The van der Waals surface area contributed by atoms with E-state index >= 15 is 0 Å². The lowest BCUT2D eigenvalue weighted by Crippen LogP contribution is -2.48. The zero-order chi connectivity index (χ0) is 13.9. The van der Waals surface area contributed by atoms with Crippen LogP contribution < -0.4 is 5.32 Å². The normalized spacial score (nSPS) is 16.7. The highest BCUT2D eigenvalue weighted by Crippen LogP contribution is 2.22. The smallest absolute Gasteiger partial charge is 0.0233 e. The molecule has 2 heteroatoms. The van der Waals surface area contributed by atoms with Crippen molar-refractivity contribution < 1.29 is 0 Å². The summed E-state index contributed by atoms with van der Waals surface area (Å²) in [5, 5.41) is 3.35. The third-order valence-electron chi connectivity index (χ3n) is 4.06. The lowest BCUT2D eigenvalue weighted by atomic mass is 9.87. The molecule has 1 aromatic carbocycles. The van der Waals surface area contributed by atoms with Crippen molar-refractivity contribution in [1.82, 2.24) is 10.2 Å². The Labute approximate surface area is 118 Å². The Morgan fingerprint density at radius 2 is 1.79 bits per heavy atom. The fraction of sp³-hybridized carbons (Fsp3) is 0.647. The molecule has 1 N–H and O–H groups in total. The van der Waals surface area contributed by atoms with Crippen molar-refractivity contribution in [3.63, 3.8) is 0 Å². The molecule has 2 nitrogen and oxygen atoms in total. The van der Waals surface area contributed by atoms with Crippen LogP contribution in [0.4, 0.5) is 0 Å². The van der Waals surface area contributed by atoms with Gasteiger partial charge in [0.15, 0.2) is 0 Å². The third kappa shape index (κ3) is 4.05. The van der Waals surface area contributed by atoms with Crippen molar-refractivity contribution in [2.75, 3.05) is 26.2 Å². The van der Waals surface area contributed by atoms with E-state index in [4.69, 9.17) is 0 Å². The number of hydrogen-bond donors (Lipinski definition) is 1. The molecule has 0 spiro atoms. The van der Waals surface area contributed by atoms with Crippen molar-refractivity contribution in [2.24, 2.45) is 5.92 Å². The van der Waals surface area contributed by atoms with Gasteiger partial charge in [-0.25, -0.2) is 0 Å². The Morgan fingerprint density at radius 3 is 2.21 bits per heavy atom. The number of benzene rings is 1. The Morgan fingerprint density at radius 1 is 1.16 bits per heavy atom. The molecule has 106 valence electrons. The van der Waals surface area contributed by atoms with Crippen LogP contribution in [0, 0.1) is 5.92 Å². The van der Waals surface area contributed by atoms with Gasteiger partial charge in [-0.3, -0.25) is 4.90 Å². The molecule has 0 aromatic heterocycles. The van der Waals surface area contributed by atoms with Crippen LogP contribution in [0.2, 0.25) is 0 Å². The Hall–Kier alpha value is -0.860. The maximum absolute atomic E-state index is 3.35. The standard InChI is InChI=1S/C17H28N2/c1-5-19(13-15-10-18-11-15)12-14-6-8-16(9-7-14)17(2,3)4/h6-9,15,18H,5,10-13H2,1-4H3.